The molecular weight excluding hydrogens is 257 g/mol. The van der Waals surface area contributed by atoms with Crippen molar-refractivity contribution in [3.05, 3.63) is 28.7 Å². The lowest BCUT2D eigenvalue weighted by Gasteiger charge is -2.31. The third kappa shape index (κ3) is 3.52. The van der Waals surface area contributed by atoms with Crippen LogP contribution in [0.15, 0.2) is 23.1 Å². The molecule has 0 aliphatic heterocycles. The number of anilines is 1. The van der Waals surface area contributed by atoms with Crippen LogP contribution in [0.25, 0.3) is 0 Å². The number of aromatic nitrogens is 1. The van der Waals surface area contributed by atoms with Crippen LogP contribution >= 0.6 is 0 Å². The van der Waals surface area contributed by atoms with Gasteiger partial charge in [-0.1, -0.05) is 6.42 Å². The van der Waals surface area contributed by atoms with Crippen LogP contribution in [0.4, 0.5) is 18.9 Å². The number of nitrogens with zero attached hydrogens (tertiary/aromatic N) is 1. The maximum Gasteiger partial charge on any atom is 0.391 e. The van der Waals surface area contributed by atoms with Crippen LogP contribution in [0.3, 0.4) is 0 Å². The van der Waals surface area contributed by atoms with Crippen molar-refractivity contribution in [2.24, 2.45) is 13.0 Å². The van der Waals surface area contributed by atoms with E-state index in [1.54, 1.807) is 19.3 Å². The predicted molar refractivity (Wildman–Crippen MR) is 67.1 cm³/mol. The summed E-state index contributed by atoms with van der Waals surface area (Å²) >= 11 is 0. The Bertz CT molecular complexity index is 495. The summed E-state index contributed by atoms with van der Waals surface area (Å²) in [5.41, 5.74) is 0.553. The molecule has 0 saturated heterocycles. The Hall–Kier alpha value is -1.46. The topological polar surface area (TPSA) is 34.0 Å². The first-order valence-electron chi connectivity index (χ1n) is 6.36. The third-order valence-corrected chi connectivity index (χ3v) is 3.59. The summed E-state index contributed by atoms with van der Waals surface area (Å²) in [6, 6.07) is 2.84. The van der Waals surface area contributed by atoms with E-state index in [4.69, 9.17) is 0 Å². The van der Waals surface area contributed by atoms with E-state index in [9.17, 15) is 18.0 Å². The number of halogens is 3. The van der Waals surface area contributed by atoms with Crippen molar-refractivity contribution in [1.82, 2.24) is 4.57 Å². The molecule has 3 nitrogen and oxygen atoms in total. The molecule has 1 N–H and O–H groups in total. The van der Waals surface area contributed by atoms with Gasteiger partial charge in [-0.25, -0.2) is 0 Å². The molecule has 0 spiro atoms. The Kier molecular flexibility index (Phi) is 3.87. The highest BCUT2D eigenvalue weighted by Gasteiger charge is 2.42. The fourth-order valence-electron chi connectivity index (χ4n) is 2.53. The minimum Gasteiger partial charge on any atom is -0.381 e. The molecule has 1 aromatic heterocycles. The van der Waals surface area contributed by atoms with E-state index >= 15 is 0 Å². The molecule has 1 aliphatic carbocycles. The van der Waals surface area contributed by atoms with Crippen LogP contribution in [-0.2, 0) is 7.05 Å². The van der Waals surface area contributed by atoms with Gasteiger partial charge in [-0.15, -0.1) is 0 Å². The second-order valence-corrected chi connectivity index (χ2v) is 5.11. The van der Waals surface area contributed by atoms with Gasteiger partial charge in [-0.2, -0.15) is 13.2 Å². The average Bonchev–Trinajstić information content (AvgIpc) is 2.33. The van der Waals surface area contributed by atoms with Gasteiger partial charge in [0.2, 0.25) is 5.56 Å². The van der Waals surface area contributed by atoms with E-state index in [-0.39, 0.29) is 24.4 Å². The van der Waals surface area contributed by atoms with Crippen LogP contribution in [0.1, 0.15) is 25.7 Å². The summed E-state index contributed by atoms with van der Waals surface area (Å²) < 4.78 is 39.5. The van der Waals surface area contributed by atoms with Crippen LogP contribution in [0.5, 0.6) is 0 Å². The monoisotopic (exact) mass is 274 g/mol. The van der Waals surface area contributed by atoms with Crippen molar-refractivity contribution < 1.29 is 13.2 Å². The van der Waals surface area contributed by atoms with Gasteiger partial charge in [0.25, 0.3) is 0 Å². The molecule has 1 heterocycles. The minimum absolute atomic E-state index is 0.104. The summed E-state index contributed by atoms with van der Waals surface area (Å²) in [5, 5.41) is 3.09. The molecular formula is C13H17F3N2O. The minimum atomic E-state index is -4.11. The third-order valence-electron chi connectivity index (χ3n) is 3.59. The largest absolute Gasteiger partial charge is 0.391 e. The quantitative estimate of drug-likeness (QED) is 0.899. The number of alkyl halides is 3. The molecule has 2 atom stereocenters. The lowest BCUT2D eigenvalue weighted by atomic mass is 9.85. The zero-order valence-electron chi connectivity index (χ0n) is 10.7. The van der Waals surface area contributed by atoms with E-state index in [2.05, 4.69) is 5.32 Å². The number of rotatable bonds is 2. The van der Waals surface area contributed by atoms with Crippen LogP contribution in [0, 0.1) is 5.92 Å². The summed E-state index contributed by atoms with van der Waals surface area (Å²) in [6.07, 6.45) is -0.867. The SMILES string of the molecule is Cn1cc(NC2CCCC(C(F)(F)F)C2)ccc1=O. The first kappa shape index (κ1) is 14.0. The van der Waals surface area contributed by atoms with Crippen molar-refractivity contribution >= 4 is 5.69 Å². The Morgan fingerprint density at radius 3 is 2.68 bits per heavy atom. The van der Waals surface area contributed by atoms with Crippen LogP contribution < -0.4 is 10.9 Å². The molecule has 1 aliphatic rings. The molecule has 1 saturated carbocycles. The highest BCUT2D eigenvalue weighted by Crippen LogP contribution is 2.38. The molecule has 0 amide bonds. The summed E-state index contributed by atoms with van der Waals surface area (Å²) in [5.74, 6) is -1.22. The van der Waals surface area contributed by atoms with E-state index in [1.165, 1.54) is 10.6 Å². The Labute approximate surface area is 109 Å². The summed E-state index contributed by atoms with van der Waals surface area (Å²) in [7, 11) is 1.62. The van der Waals surface area contributed by atoms with Gasteiger partial charge in [0.05, 0.1) is 11.6 Å². The van der Waals surface area contributed by atoms with Gasteiger partial charge >= 0.3 is 6.18 Å². The normalized spacial score (nSPS) is 24.2. The Balaban J connectivity index is 2.02. The maximum atomic E-state index is 12.7. The molecule has 0 radical (unpaired) electrons. The molecule has 0 aromatic carbocycles. The van der Waals surface area contributed by atoms with E-state index < -0.39 is 12.1 Å². The van der Waals surface area contributed by atoms with Crippen LogP contribution in [0.2, 0.25) is 0 Å². The maximum absolute atomic E-state index is 12.7. The zero-order chi connectivity index (χ0) is 14.0. The standard InChI is InChI=1S/C13H17F3N2O/c1-18-8-11(5-6-12(18)19)17-10-4-2-3-9(7-10)13(14,15)16/h5-6,8-10,17H,2-4,7H2,1H3. The lowest BCUT2D eigenvalue weighted by molar-refractivity contribution is -0.182. The molecule has 0 bridgehead atoms. The molecule has 2 unspecified atom stereocenters. The average molecular weight is 274 g/mol. The fraction of sp³-hybridized carbons (Fsp3) is 0.615. The molecule has 1 aromatic rings. The number of nitrogens with one attached hydrogen (secondary N) is 1. The number of hydrogen-bond acceptors (Lipinski definition) is 2. The van der Waals surface area contributed by atoms with Gasteiger partial charge < -0.3 is 9.88 Å². The highest BCUT2D eigenvalue weighted by molar-refractivity contribution is 5.41. The van der Waals surface area contributed by atoms with Crippen molar-refractivity contribution in [3.8, 4) is 0 Å². The lowest BCUT2D eigenvalue weighted by Crippen LogP contribution is -2.34. The second-order valence-electron chi connectivity index (χ2n) is 5.11. The predicted octanol–water partition coefficient (Wildman–Crippen LogP) is 2.92. The van der Waals surface area contributed by atoms with Crippen LogP contribution in [-0.4, -0.2) is 16.8 Å². The van der Waals surface area contributed by atoms with E-state index in [0.29, 0.717) is 12.1 Å². The van der Waals surface area contributed by atoms with Gasteiger partial charge in [0.15, 0.2) is 0 Å². The zero-order valence-corrected chi connectivity index (χ0v) is 10.7. The molecule has 1 fully saturated rings. The number of hydrogen-bond donors (Lipinski definition) is 1. The van der Waals surface area contributed by atoms with Crippen molar-refractivity contribution in [2.45, 2.75) is 37.9 Å². The van der Waals surface area contributed by atoms with Crippen molar-refractivity contribution in [3.63, 3.8) is 0 Å². The molecule has 19 heavy (non-hydrogen) atoms. The van der Waals surface area contributed by atoms with Crippen molar-refractivity contribution in [2.75, 3.05) is 5.32 Å². The van der Waals surface area contributed by atoms with Gasteiger partial charge in [-0.05, 0) is 25.3 Å². The molecule has 2 rings (SSSR count). The van der Waals surface area contributed by atoms with E-state index in [1.807, 2.05) is 0 Å². The van der Waals surface area contributed by atoms with Gasteiger partial charge in [-0.3, -0.25) is 4.79 Å². The second kappa shape index (κ2) is 5.27. The fourth-order valence-corrected chi connectivity index (χ4v) is 2.53. The van der Waals surface area contributed by atoms with E-state index in [0.717, 1.165) is 6.42 Å². The first-order chi connectivity index (χ1) is 8.86. The summed E-state index contributed by atoms with van der Waals surface area (Å²) in [4.78, 5) is 11.2. The molecule has 106 valence electrons. The van der Waals surface area contributed by atoms with Crippen molar-refractivity contribution in [1.29, 1.82) is 0 Å². The Morgan fingerprint density at radius 2 is 2.05 bits per heavy atom. The summed E-state index contributed by atoms with van der Waals surface area (Å²) in [6.45, 7) is 0. The van der Waals surface area contributed by atoms with Gasteiger partial charge in [0, 0.05) is 25.4 Å². The highest BCUT2D eigenvalue weighted by atomic mass is 19.4. The smallest absolute Gasteiger partial charge is 0.381 e. The first-order valence-corrected chi connectivity index (χ1v) is 6.36. The Morgan fingerprint density at radius 1 is 1.32 bits per heavy atom. The number of aryl methyl sites for hydroxylation is 1. The number of pyridine rings is 1. The van der Waals surface area contributed by atoms with Gasteiger partial charge in [0.1, 0.15) is 0 Å². The molecule has 6 heteroatoms.